The van der Waals surface area contributed by atoms with Crippen LogP contribution in [0.5, 0.6) is 0 Å². The molecule has 1 unspecified atom stereocenters. The molecule has 0 amide bonds. The fourth-order valence-electron chi connectivity index (χ4n) is 1.07. The highest BCUT2D eigenvalue weighted by atomic mass is 16.7. The molecule has 1 N–H and O–H groups in total. The molecule has 0 spiro atoms. The van der Waals surface area contributed by atoms with E-state index in [4.69, 9.17) is 14.6 Å². The van der Waals surface area contributed by atoms with Crippen molar-refractivity contribution in [2.24, 2.45) is 0 Å². The minimum atomic E-state index is -0.886. The van der Waals surface area contributed by atoms with E-state index in [1.807, 2.05) is 6.07 Å². The van der Waals surface area contributed by atoms with Crippen molar-refractivity contribution in [1.29, 1.82) is 0 Å². The Kier molecular flexibility index (Phi) is 4.80. The van der Waals surface area contributed by atoms with Crippen LogP contribution in [0.2, 0.25) is 0 Å². The highest BCUT2D eigenvalue weighted by Crippen LogP contribution is 2.04. The van der Waals surface area contributed by atoms with E-state index in [9.17, 15) is 4.79 Å². The van der Waals surface area contributed by atoms with Gasteiger partial charge in [0.05, 0.1) is 5.56 Å². The fourth-order valence-corrected chi connectivity index (χ4v) is 1.07. The van der Waals surface area contributed by atoms with Crippen LogP contribution in [0.25, 0.3) is 0 Å². The first-order chi connectivity index (χ1) is 7.27. The topological polar surface area (TPSA) is 55.8 Å². The van der Waals surface area contributed by atoms with E-state index in [2.05, 4.69) is 0 Å². The SMILES string of the molecule is CCOC(CO)OC(=O)c1ccccc1. The van der Waals surface area contributed by atoms with Gasteiger partial charge in [-0.2, -0.15) is 0 Å². The summed E-state index contributed by atoms with van der Waals surface area (Å²) < 4.78 is 9.91. The maximum atomic E-state index is 11.5. The minimum absolute atomic E-state index is 0.341. The Morgan fingerprint density at radius 1 is 1.40 bits per heavy atom. The molecule has 0 aliphatic rings. The second kappa shape index (κ2) is 6.16. The smallest absolute Gasteiger partial charge is 0.340 e. The van der Waals surface area contributed by atoms with Gasteiger partial charge in [0.25, 0.3) is 0 Å². The van der Waals surface area contributed by atoms with Crippen molar-refractivity contribution in [3.63, 3.8) is 0 Å². The molecule has 0 aromatic heterocycles. The van der Waals surface area contributed by atoms with Crippen LogP contribution in [0.15, 0.2) is 30.3 Å². The molecule has 4 nitrogen and oxygen atoms in total. The number of ether oxygens (including phenoxy) is 2. The average Bonchev–Trinajstić information content (AvgIpc) is 2.29. The molecule has 15 heavy (non-hydrogen) atoms. The third-order valence-electron chi connectivity index (χ3n) is 1.75. The molecule has 0 aliphatic carbocycles. The monoisotopic (exact) mass is 210 g/mol. The number of benzene rings is 1. The van der Waals surface area contributed by atoms with Crippen molar-refractivity contribution in [2.45, 2.75) is 13.2 Å². The molecule has 0 fully saturated rings. The van der Waals surface area contributed by atoms with Gasteiger partial charge in [0.15, 0.2) is 0 Å². The third kappa shape index (κ3) is 3.69. The highest BCUT2D eigenvalue weighted by Gasteiger charge is 2.14. The Morgan fingerprint density at radius 2 is 2.07 bits per heavy atom. The summed E-state index contributed by atoms with van der Waals surface area (Å²) in [6.07, 6.45) is -0.886. The minimum Gasteiger partial charge on any atom is -0.430 e. The summed E-state index contributed by atoms with van der Waals surface area (Å²) in [5.74, 6) is -0.497. The molecule has 82 valence electrons. The molecule has 0 saturated carbocycles. The second-order valence-electron chi connectivity index (χ2n) is 2.84. The molecular formula is C11H14O4. The molecule has 0 saturated heterocycles. The van der Waals surface area contributed by atoms with Gasteiger partial charge in [-0.3, -0.25) is 0 Å². The highest BCUT2D eigenvalue weighted by molar-refractivity contribution is 5.89. The zero-order valence-corrected chi connectivity index (χ0v) is 8.55. The van der Waals surface area contributed by atoms with Gasteiger partial charge < -0.3 is 14.6 Å². The Balaban J connectivity index is 2.55. The van der Waals surface area contributed by atoms with Gasteiger partial charge in [0, 0.05) is 6.61 Å². The lowest BCUT2D eigenvalue weighted by Crippen LogP contribution is -2.25. The molecule has 1 rings (SSSR count). The number of rotatable bonds is 5. The van der Waals surface area contributed by atoms with Crippen molar-refractivity contribution in [3.05, 3.63) is 35.9 Å². The van der Waals surface area contributed by atoms with Crippen LogP contribution >= 0.6 is 0 Å². The van der Waals surface area contributed by atoms with Gasteiger partial charge in [-0.1, -0.05) is 18.2 Å². The number of hydrogen-bond donors (Lipinski definition) is 1. The van der Waals surface area contributed by atoms with Crippen LogP contribution in [-0.2, 0) is 9.47 Å². The van der Waals surface area contributed by atoms with Crippen molar-refractivity contribution in [3.8, 4) is 0 Å². The quantitative estimate of drug-likeness (QED) is 0.586. The van der Waals surface area contributed by atoms with Gasteiger partial charge in [0.1, 0.15) is 6.61 Å². The molecule has 0 radical (unpaired) electrons. The van der Waals surface area contributed by atoms with Crippen molar-refractivity contribution in [2.75, 3.05) is 13.2 Å². The van der Waals surface area contributed by atoms with Gasteiger partial charge in [-0.25, -0.2) is 4.79 Å². The maximum Gasteiger partial charge on any atom is 0.340 e. The van der Waals surface area contributed by atoms with E-state index >= 15 is 0 Å². The molecule has 1 aromatic carbocycles. The number of hydrogen-bond acceptors (Lipinski definition) is 4. The zero-order chi connectivity index (χ0) is 11.1. The Hall–Kier alpha value is -1.39. The summed E-state index contributed by atoms with van der Waals surface area (Å²) in [5.41, 5.74) is 0.440. The summed E-state index contributed by atoms with van der Waals surface area (Å²) in [6, 6.07) is 8.57. The van der Waals surface area contributed by atoms with Crippen molar-refractivity contribution < 1.29 is 19.4 Å². The van der Waals surface area contributed by atoms with E-state index in [0.29, 0.717) is 12.2 Å². The van der Waals surface area contributed by atoms with Gasteiger partial charge in [-0.15, -0.1) is 0 Å². The Morgan fingerprint density at radius 3 is 2.60 bits per heavy atom. The summed E-state index contributed by atoms with van der Waals surface area (Å²) in [7, 11) is 0. The van der Waals surface area contributed by atoms with Gasteiger partial charge >= 0.3 is 5.97 Å². The first-order valence-corrected chi connectivity index (χ1v) is 4.76. The Bertz CT molecular complexity index is 297. The normalized spacial score (nSPS) is 12.1. The summed E-state index contributed by atoms with van der Waals surface area (Å²) in [4.78, 5) is 11.5. The average molecular weight is 210 g/mol. The first-order valence-electron chi connectivity index (χ1n) is 4.76. The predicted octanol–water partition coefficient (Wildman–Crippen LogP) is 1.20. The maximum absolute atomic E-state index is 11.5. The van der Waals surface area contributed by atoms with E-state index in [0.717, 1.165) is 0 Å². The lowest BCUT2D eigenvalue weighted by Gasteiger charge is -2.14. The molecule has 0 aliphatic heterocycles. The summed E-state index contributed by atoms with van der Waals surface area (Å²) in [5, 5.41) is 8.85. The second-order valence-corrected chi connectivity index (χ2v) is 2.84. The number of aliphatic hydroxyl groups excluding tert-OH is 1. The van der Waals surface area contributed by atoms with Crippen LogP contribution in [-0.4, -0.2) is 30.6 Å². The van der Waals surface area contributed by atoms with Crippen molar-refractivity contribution in [1.82, 2.24) is 0 Å². The molecule has 0 heterocycles. The third-order valence-corrected chi connectivity index (χ3v) is 1.75. The molecule has 4 heteroatoms. The van der Waals surface area contributed by atoms with Gasteiger partial charge in [0.2, 0.25) is 6.29 Å². The number of aliphatic hydroxyl groups is 1. The lowest BCUT2D eigenvalue weighted by atomic mass is 10.2. The van der Waals surface area contributed by atoms with Crippen LogP contribution in [0.3, 0.4) is 0 Å². The standard InChI is InChI=1S/C11H14O4/c1-2-14-10(8-12)15-11(13)9-6-4-3-5-7-9/h3-7,10,12H,2,8H2,1H3. The zero-order valence-electron chi connectivity index (χ0n) is 8.55. The van der Waals surface area contributed by atoms with Crippen LogP contribution in [0.4, 0.5) is 0 Å². The largest absolute Gasteiger partial charge is 0.430 e. The molecule has 1 aromatic rings. The number of carbonyl (C=O) groups excluding carboxylic acids is 1. The van der Waals surface area contributed by atoms with Crippen molar-refractivity contribution >= 4 is 5.97 Å². The number of esters is 1. The van der Waals surface area contributed by atoms with Crippen LogP contribution in [0.1, 0.15) is 17.3 Å². The summed E-state index contributed by atoms with van der Waals surface area (Å²) in [6.45, 7) is 1.80. The van der Waals surface area contributed by atoms with Crippen LogP contribution < -0.4 is 0 Å². The molecular weight excluding hydrogens is 196 g/mol. The van der Waals surface area contributed by atoms with E-state index in [-0.39, 0.29) is 6.61 Å². The van der Waals surface area contributed by atoms with E-state index in [1.54, 1.807) is 31.2 Å². The number of carbonyl (C=O) groups is 1. The fraction of sp³-hybridized carbons (Fsp3) is 0.364. The van der Waals surface area contributed by atoms with E-state index < -0.39 is 12.3 Å². The lowest BCUT2D eigenvalue weighted by molar-refractivity contribution is -0.128. The molecule has 0 bridgehead atoms. The summed E-state index contributed by atoms with van der Waals surface area (Å²) >= 11 is 0. The first kappa shape index (κ1) is 11.7. The predicted molar refractivity (Wildman–Crippen MR) is 54.4 cm³/mol. The Labute approximate surface area is 88.4 Å². The van der Waals surface area contributed by atoms with Crippen LogP contribution in [0, 0.1) is 0 Å². The molecule has 1 atom stereocenters. The van der Waals surface area contributed by atoms with E-state index in [1.165, 1.54) is 0 Å². The van der Waals surface area contributed by atoms with Gasteiger partial charge in [-0.05, 0) is 19.1 Å².